The standard InChI is InChI=1S/C13H14N2O4/c1-2-7-19-10-5-3-9(4-6-10)15-12(17)8-11(16)14-13(15)18/h3-6H,2,7-8H2,1H3,(H,14,16,18). The summed E-state index contributed by atoms with van der Waals surface area (Å²) >= 11 is 0. The summed E-state index contributed by atoms with van der Waals surface area (Å²) in [6.45, 7) is 2.61. The van der Waals surface area contributed by atoms with E-state index in [4.69, 9.17) is 4.74 Å². The second-order valence-electron chi connectivity index (χ2n) is 4.10. The highest BCUT2D eigenvalue weighted by molar-refractivity contribution is 6.26. The van der Waals surface area contributed by atoms with Gasteiger partial charge in [-0.2, -0.15) is 0 Å². The van der Waals surface area contributed by atoms with Gasteiger partial charge in [0.1, 0.15) is 12.2 Å². The van der Waals surface area contributed by atoms with Crippen LogP contribution < -0.4 is 15.0 Å². The summed E-state index contributed by atoms with van der Waals surface area (Å²) in [5.41, 5.74) is 0.416. The highest BCUT2D eigenvalue weighted by Crippen LogP contribution is 2.21. The van der Waals surface area contributed by atoms with E-state index in [1.165, 1.54) is 0 Å². The number of anilines is 1. The predicted molar refractivity (Wildman–Crippen MR) is 67.9 cm³/mol. The SMILES string of the molecule is CCCOc1ccc(N2C(=O)CC(=O)NC2=O)cc1. The molecule has 1 aromatic carbocycles. The van der Waals surface area contributed by atoms with Gasteiger partial charge >= 0.3 is 6.03 Å². The second-order valence-corrected chi connectivity index (χ2v) is 4.10. The fourth-order valence-corrected chi connectivity index (χ4v) is 1.72. The van der Waals surface area contributed by atoms with E-state index >= 15 is 0 Å². The molecule has 1 heterocycles. The fraction of sp³-hybridized carbons (Fsp3) is 0.308. The first-order chi connectivity index (χ1) is 9.11. The molecule has 1 saturated heterocycles. The van der Waals surface area contributed by atoms with E-state index in [2.05, 4.69) is 5.32 Å². The first-order valence-corrected chi connectivity index (χ1v) is 6.01. The van der Waals surface area contributed by atoms with Gasteiger partial charge in [0.05, 0.1) is 12.3 Å². The number of ether oxygens (including phenoxy) is 1. The van der Waals surface area contributed by atoms with Crippen LogP contribution in [0.2, 0.25) is 0 Å². The Balaban J connectivity index is 2.15. The van der Waals surface area contributed by atoms with Gasteiger partial charge in [0, 0.05) is 0 Å². The molecule has 1 aromatic rings. The van der Waals surface area contributed by atoms with Crippen molar-refractivity contribution in [1.29, 1.82) is 0 Å². The Morgan fingerprint density at radius 1 is 1.21 bits per heavy atom. The van der Waals surface area contributed by atoms with Gasteiger partial charge in [0.25, 0.3) is 0 Å². The summed E-state index contributed by atoms with van der Waals surface area (Å²) in [6, 6.07) is 5.86. The number of rotatable bonds is 4. The largest absolute Gasteiger partial charge is 0.494 e. The van der Waals surface area contributed by atoms with Crippen LogP contribution in [0.15, 0.2) is 24.3 Å². The van der Waals surface area contributed by atoms with Crippen molar-refractivity contribution in [1.82, 2.24) is 5.32 Å². The van der Waals surface area contributed by atoms with Gasteiger partial charge in [-0.1, -0.05) is 6.92 Å². The van der Waals surface area contributed by atoms with Crippen molar-refractivity contribution < 1.29 is 19.1 Å². The van der Waals surface area contributed by atoms with Crippen LogP contribution in [0.25, 0.3) is 0 Å². The number of benzene rings is 1. The van der Waals surface area contributed by atoms with E-state index in [1.807, 2.05) is 6.92 Å². The van der Waals surface area contributed by atoms with Crippen LogP contribution in [0.5, 0.6) is 5.75 Å². The molecule has 1 aliphatic heterocycles. The van der Waals surface area contributed by atoms with E-state index < -0.39 is 17.8 Å². The monoisotopic (exact) mass is 262 g/mol. The number of hydrogen-bond donors (Lipinski definition) is 1. The number of urea groups is 1. The minimum absolute atomic E-state index is 0.320. The number of carbonyl (C=O) groups is 3. The Morgan fingerprint density at radius 2 is 1.89 bits per heavy atom. The van der Waals surface area contributed by atoms with E-state index in [0.717, 1.165) is 11.3 Å². The maximum atomic E-state index is 11.7. The van der Waals surface area contributed by atoms with Crippen LogP contribution in [0, 0.1) is 0 Å². The van der Waals surface area contributed by atoms with E-state index in [9.17, 15) is 14.4 Å². The van der Waals surface area contributed by atoms with E-state index in [0.29, 0.717) is 18.0 Å². The third-order valence-corrected chi connectivity index (χ3v) is 2.58. The van der Waals surface area contributed by atoms with Gasteiger partial charge in [-0.05, 0) is 30.7 Å². The summed E-state index contributed by atoms with van der Waals surface area (Å²) in [6.07, 6.45) is 0.580. The van der Waals surface area contributed by atoms with Crippen LogP contribution in [0.3, 0.4) is 0 Å². The number of carbonyl (C=O) groups excluding carboxylic acids is 3. The highest BCUT2D eigenvalue weighted by atomic mass is 16.5. The molecule has 1 aliphatic rings. The molecule has 0 radical (unpaired) electrons. The number of imide groups is 2. The molecule has 1 fully saturated rings. The van der Waals surface area contributed by atoms with Crippen LogP contribution in [-0.2, 0) is 9.59 Å². The average Bonchev–Trinajstić information content (AvgIpc) is 2.36. The van der Waals surface area contributed by atoms with Crippen molar-refractivity contribution in [2.75, 3.05) is 11.5 Å². The molecule has 6 nitrogen and oxygen atoms in total. The number of barbiturate groups is 1. The lowest BCUT2D eigenvalue weighted by atomic mass is 10.2. The van der Waals surface area contributed by atoms with E-state index in [-0.39, 0.29) is 6.42 Å². The van der Waals surface area contributed by atoms with Gasteiger partial charge in [0.2, 0.25) is 11.8 Å². The van der Waals surface area contributed by atoms with Crippen LogP contribution >= 0.6 is 0 Å². The first-order valence-electron chi connectivity index (χ1n) is 6.01. The van der Waals surface area contributed by atoms with Crippen molar-refractivity contribution in [2.24, 2.45) is 0 Å². The summed E-state index contributed by atoms with van der Waals surface area (Å²) < 4.78 is 5.41. The maximum Gasteiger partial charge on any atom is 0.335 e. The van der Waals surface area contributed by atoms with Gasteiger partial charge < -0.3 is 4.74 Å². The molecule has 100 valence electrons. The molecule has 0 unspecified atom stereocenters. The van der Waals surface area contributed by atoms with Gasteiger partial charge in [-0.3, -0.25) is 14.9 Å². The third-order valence-electron chi connectivity index (χ3n) is 2.58. The molecule has 2 rings (SSSR count). The smallest absolute Gasteiger partial charge is 0.335 e. The lowest BCUT2D eigenvalue weighted by molar-refractivity contribution is -0.128. The predicted octanol–water partition coefficient (Wildman–Crippen LogP) is 1.45. The zero-order valence-electron chi connectivity index (χ0n) is 10.5. The summed E-state index contributed by atoms with van der Waals surface area (Å²) in [4.78, 5) is 35.3. The zero-order valence-corrected chi connectivity index (χ0v) is 10.5. The molecule has 0 atom stereocenters. The molecule has 0 aliphatic carbocycles. The third kappa shape index (κ3) is 2.90. The fourth-order valence-electron chi connectivity index (χ4n) is 1.72. The minimum atomic E-state index is -0.719. The van der Waals surface area contributed by atoms with Gasteiger partial charge in [0.15, 0.2) is 0 Å². The lowest BCUT2D eigenvalue weighted by Crippen LogP contribution is -2.52. The van der Waals surface area contributed by atoms with E-state index in [1.54, 1.807) is 24.3 Å². The van der Waals surface area contributed by atoms with Crippen molar-refractivity contribution in [2.45, 2.75) is 19.8 Å². The van der Waals surface area contributed by atoms with Crippen LogP contribution in [0.4, 0.5) is 10.5 Å². The van der Waals surface area contributed by atoms with Gasteiger partial charge in [-0.25, -0.2) is 9.69 Å². The Hall–Kier alpha value is -2.37. The molecule has 0 bridgehead atoms. The summed E-state index contributed by atoms with van der Waals surface area (Å²) in [5, 5.41) is 2.10. The van der Waals surface area contributed by atoms with Crippen molar-refractivity contribution in [3.05, 3.63) is 24.3 Å². The maximum absolute atomic E-state index is 11.7. The Labute approximate surface area is 110 Å². The molecule has 0 aromatic heterocycles. The van der Waals surface area contributed by atoms with Crippen LogP contribution in [-0.4, -0.2) is 24.5 Å². The minimum Gasteiger partial charge on any atom is -0.494 e. The Kier molecular flexibility index (Phi) is 3.79. The zero-order chi connectivity index (χ0) is 13.8. The van der Waals surface area contributed by atoms with Gasteiger partial charge in [-0.15, -0.1) is 0 Å². The normalized spacial score (nSPS) is 15.4. The molecule has 4 amide bonds. The highest BCUT2D eigenvalue weighted by Gasteiger charge is 2.31. The van der Waals surface area contributed by atoms with Crippen molar-refractivity contribution in [3.8, 4) is 5.75 Å². The average molecular weight is 262 g/mol. The molecule has 1 N–H and O–H groups in total. The molecule has 6 heteroatoms. The van der Waals surface area contributed by atoms with Crippen LogP contribution in [0.1, 0.15) is 19.8 Å². The number of nitrogens with one attached hydrogen (secondary N) is 1. The Bertz CT molecular complexity index is 490. The summed E-state index contributed by atoms with van der Waals surface area (Å²) in [5.74, 6) is -0.434. The summed E-state index contributed by atoms with van der Waals surface area (Å²) in [7, 11) is 0. The number of nitrogens with zero attached hydrogens (tertiary/aromatic N) is 1. The Morgan fingerprint density at radius 3 is 2.47 bits per heavy atom. The molecular weight excluding hydrogens is 248 g/mol. The molecular formula is C13H14N2O4. The quantitative estimate of drug-likeness (QED) is 0.833. The first kappa shape index (κ1) is 13.1. The topological polar surface area (TPSA) is 75.7 Å². The molecule has 0 spiro atoms. The molecule has 0 saturated carbocycles. The second kappa shape index (κ2) is 5.51. The number of amides is 4. The molecule has 19 heavy (non-hydrogen) atoms. The van der Waals surface area contributed by atoms with Crippen molar-refractivity contribution >= 4 is 23.5 Å². The van der Waals surface area contributed by atoms with Crippen molar-refractivity contribution in [3.63, 3.8) is 0 Å². The number of hydrogen-bond acceptors (Lipinski definition) is 4. The lowest BCUT2D eigenvalue weighted by Gasteiger charge is -2.24.